The molecule has 2 aromatic carbocycles. The second kappa shape index (κ2) is 6.68. The maximum absolute atomic E-state index is 13.6. The van der Waals surface area contributed by atoms with Crippen LogP contribution in [0.4, 0.5) is 8.78 Å². The molecule has 21 heavy (non-hydrogen) atoms. The minimum absolute atomic E-state index is 0.0593. The van der Waals surface area contributed by atoms with E-state index in [4.69, 9.17) is 4.74 Å². The Morgan fingerprint density at radius 3 is 2.57 bits per heavy atom. The summed E-state index contributed by atoms with van der Waals surface area (Å²) in [5.74, 6) is 0.274. The topological polar surface area (TPSA) is 21.3 Å². The number of nitrogens with one attached hydrogen (secondary N) is 1. The molecule has 0 radical (unpaired) electrons. The Balaban J connectivity index is 2.32. The predicted octanol–water partition coefficient (Wildman–Crippen LogP) is 4.74. The number of halogens is 2. The predicted molar refractivity (Wildman–Crippen MR) is 79.7 cm³/mol. The van der Waals surface area contributed by atoms with Gasteiger partial charge >= 0.3 is 0 Å². The van der Waals surface area contributed by atoms with Crippen LogP contribution in [-0.4, -0.2) is 6.54 Å². The van der Waals surface area contributed by atoms with Gasteiger partial charge in [0.1, 0.15) is 23.1 Å². The Morgan fingerprint density at radius 2 is 1.90 bits per heavy atom. The number of ether oxygens (including phenoxy) is 1. The summed E-state index contributed by atoms with van der Waals surface area (Å²) in [7, 11) is 0. The molecule has 2 aromatic rings. The van der Waals surface area contributed by atoms with Crippen LogP contribution in [0.15, 0.2) is 36.4 Å². The molecular formula is C17H19F2NO. The van der Waals surface area contributed by atoms with Gasteiger partial charge in [-0.3, -0.25) is 0 Å². The summed E-state index contributed by atoms with van der Waals surface area (Å²) in [5, 5.41) is 3.21. The third kappa shape index (κ3) is 3.79. The number of rotatable bonds is 5. The van der Waals surface area contributed by atoms with Crippen LogP contribution in [0, 0.1) is 18.6 Å². The molecular weight excluding hydrogens is 272 g/mol. The molecule has 0 aliphatic rings. The lowest BCUT2D eigenvalue weighted by molar-refractivity contribution is 0.455. The first kappa shape index (κ1) is 15.4. The number of hydrogen-bond donors (Lipinski definition) is 1. The third-order valence-electron chi connectivity index (χ3n) is 3.32. The first-order chi connectivity index (χ1) is 10.0. The monoisotopic (exact) mass is 291 g/mol. The molecule has 1 unspecified atom stereocenters. The summed E-state index contributed by atoms with van der Waals surface area (Å²) >= 11 is 0. The molecule has 0 aliphatic carbocycles. The van der Waals surface area contributed by atoms with E-state index >= 15 is 0 Å². The quantitative estimate of drug-likeness (QED) is 0.859. The number of aryl methyl sites for hydroxylation is 1. The van der Waals surface area contributed by atoms with E-state index < -0.39 is 0 Å². The van der Waals surface area contributed by atoms with Crippen molar-refractivity contribution >= 4 is 0 Å². The van der Waals surface area contributed by atoms with Crippen molar-refractivity contribution in [1.29, 1.82) is 0 Å². The molecule has 112 valence electrons. The van der Waals surface area contributed by atoms with Crippen LogP contribution in [0.25, 0.3) is 0 Å². The van der Waals surface area contributed by atoms with Gasteiger partial charge in [0, 0.05) is 17.7 Å². The molecule has 0 spiro atoms. The van der Waals surface area contributed by atoms with E-state index in [1.54, 1.807) is 25.1 Å². The van der Waals surface area contributed by atoms with E-state index in [-0.39, 0.29) is 17.7 Å². The Hall–Kier alpha value is -1.94. The summed E-state index contributed by atoms with van der Waals surface area (Å²) in [6.07, 6.45) is 0. The second-order valence-corrected chi connectivity index (χ2v) is 4.97. The summed E-state index contributed by atoms with van der Waals surface area (Å²) in [4.78, 5) is 0. The molecule has 2 nitrogen and oxygen atoms in total. The maximum Gasteiger partial charge on any atom is 0.132 e. The van der Waals surface area contributed by atoms with E-state index in [0.29, 0.717) is 22.6 Å². The summed E-state index contributed by atoms with van der Waals surface area (Å²) in [5.41, 5.74) is 1.26. The fraction of sp³-hybridized carbons (Fsp3) is 0.294. The van der Waals surface area contributed by atoms with Crippen molar-refractivity contribution in [3.05, 3.63) is 59.2 Å². The summed E-state index contributed by atoms with van der Waals surface area (Å²) in [6.45, 7) is 6.36. The summed E-state index contributed by atoms with van der Waals surface area (Å²) in [6, 6.07) is 8.97. The minimum atomic E-state index is -0.323. The molecule has 4 heteroatoms. The number of benzene rings is 2. The minimum Gasteiger partial charge on any atom is -0.457 e. The average Bonchev–Trinajstić information content (AvgIpc) is 2.45. The van der Waals surface area contributed by atoms with Crippen molar-refractivity contribution in [3.8, 4) is 11.5 Å². The zero-order chi connectivity index (χ0) is 15.4. The third-order valence-corrected chi connectivity index (χ3v) is 3.32. The van der Waals surface area contributed by atoms with Crippen molar-refractivity contribution in [3.63, 3.8) is 0 Å². The van der Waals surface area contributed by atoms with Crippen LogP contribution in [0.5, 0.6) is 11.5 Å². The van der Waals surface area contributed by atoms with E-state index in [0.717, 1.165) is 6.54 Å². The molecule has 1 N–H and O–H groups in total. The van der Waals surface area contributed by atoms with Gasteiger partial charge in [-0.1, -0.05) is 13.0 Å². The van der Waals surface area contributed by atoms with E-state index in [1.807, 2.05) is 13.8 Å². The molecule has 0 aliphatic heterocycles. The molecule has 0 bridgehead atoms. The Labute approximate surface area is 123 Å². The molecule has 2 rings (SSSR count). The highest BCUT2D eigenvalue weighted by Gasteiger charge is 2.13. The smallest absolute Gasteiger partial charge is 0.132 e. The highest BCUT2D eigenvalue weighted by atomic mass is 19.1. The van der Waals surface area contributed by atoms with Gasteiger partial charge in [0.05, 0.1) is 0 Å². The first-order valence-electron chi connectivity index (χ1n) is 6.98. The largest absolute Gasteiger partial charge is 0.457 e. The molecule has 0 saturated carbocycles. The van der Waals surface area contributed by atoms with Crippen LogP contribution in [0.1, 0.15) is 31.0 Å². The van der Waals surface area contributed by atoms with Gasteiger partial charge in [-0.25, -0.2) is 8.78 Å². The average molecular weight is 291 g/mol. The Morgan fingerprint density at radius 1 is 1.14 bits per heavy atom. The van der Waals surface area contributed by atoms with E-state index in [1.165, 1.54) is 18.2 Å². The molecule has 0 fully saturated rings. The second-order valence-electron chi connectivity index (χ2n) is 4.97. The fourth-order valence-corrected chi connectivity index (χ4v) is 2.13. The van der Waals surface area contributed by atoms with Gasteiger partial charge in [-0.15, -0.1) is 0 Å². The maximum atomic E-state index is 13.6. The fourth-order valence-electron chi connectivity index (χ4n) is 2.13. The van der Waals surface area contributed by atoms with Gasteiger partial charge in [0.15, 0.2) is 0 Å². The van der Waals surface area contributed by atoms with Gasteiger partial charge in [0.25, 0.3) is 0 Å². The number of hydrogen-bond acceptors (Lipinski definition) is 2. The Bertz CT molecular complexity index is 628. The zero-order valence-electron chi connectivity index (χ0n) is 12.4. The van der Waals surface area contributed by atoms with Crippen molar-refractivity contribution in [2.75, 3.05) is 6.54 Å². The van der Waals surface area contributed by atoms with Crippen molar-refractivity contribution in [2.45, 2.75) is 26.8 Å². The van der Waals surface area contributed by atoms with Gasteiger partial charge < -0.3 is 10.1 Å². The van der Waals surface area contributed by atoms with Crippen molar-refractivity contribution in [2.24, 2.45) is 0 Å². The first-order valence-corrected chi connectivity index (χ1v) is 6.98. The summed E-state index contributed by atoms with van der Waals surface area (Å²) < 4.78 is 32.8. The van der Waals surface area contributed by atoms with Crippen LogP contribution >= 0.6 is 0 Å². The van der Waals surface area contributed by atoms with Crippen LogP contribution in [0.2, 0.25) is 0 Å². The zero-order valence-corrected chi connectivity index (χ0v) is 12.4. The Kier molecular flexibility index (Phi) is 4.91. The van der Waals surface area contributed by atoms with Crippen molar-refractivity contribution < 1.29 is 13.5 Å². The highest BCUT2D eigenvalue weighted by molar-refractivity contribution is 5.40. The van der Waals surface area contributed by atoms with E-state index in [2.05, 4.69) is 5.32 Å². The lowest BCUT2D eigenvalue weighted by Crippen LogP contribution is -2.18. The lowest BCUT2D eigenvalue weighted by atomic mass is 10.1. The van der Waals surface area contributed by atoms with Gasteiger partial charge in [-0.2, -0.15) is 0 Å². The normalized spacial score (nSPS) is 12.2. The molecule has 0 amide bonds. The van der Waals surface area contributed by atoms with Crippen LogP contribution < -0.4 is 10.1 Å². The van der Waals surface area contributed by atoms with Crippen LogP contribution in [0.3, 0.4) is 0 Å². The highest BCUT2D eigenvalue weighted by Crippen LogP contribution is 2.31. The van der Waals surface area contributed by atoms with Crippen molar-refractivity contribution in [1.82, 2.24) is 5.32 Å². The van der Waals surface area contributed by atoms with Crippen LogP contribution in [-0.2, 0) is 0 Å². The lowest BCUT2D eigenvalue weighted by Gasteiger charge is -2.17. The van der Waals surface area contributed by atoms with Gasteiger partial charge in [0.2, 0.25) is 0 Å². The molecule has 0 aromatic heterocycles. The molecule has 1 atom stereocenters. The van der Waals surface area contributed by atoms with E-state index in [9.17, 15) is 8.78 Å². The molecule has 0 saturated heterocycles. The SMILES string of the molecule is CCNC(C)c1cc(F)ccc1Oc1ccc(C)c(F)c1. The molecule has 0 heterocycles. The standard InChI is InChI=1S/C17H19F2NO/c1-4-20-12(3)15-9-13(18)6-8-17(15)21-14-7-5-11(2)16(19)10-14/h5-10,12,20H,4H2,1-3H3. The van der Waals surface area contributed by atoms with Gasteiger partial charge in [-0.05, 0) is 50.2 Å².